The quantitative estimate of drug-likeness (QED) is 0.661. The van der Waals surface area contributed by atoms with E-state index in [0.29, 0.717) is 36.3 Å². The van der Waals surface area contributed by atoms with Gasteiger partial charge in [-0.2, -0.15) is 0 Å². The Kier molecular flexibility index (Phi) is 2.80. The number of H-pyrrole nitrogens is 2. The lowest BCUT2D eigenvalue weighted by molar-refractivity contribution is 0.198. The summed E-state index contributed by atoms with van der Waals surface area (Å²) >= 11 is 0. The Hall–Kier alpha value is -2.61. The fraction of sp³-hybridized carbons (Fsp3) is 0.286. The van der Waals surface area contributed by atoms with Crippen LogP contribution in [0.1, 0.15) is 6.42 Å². The number of β-amino-alcohol motifs (C(OH)–C–C–N with tert-alkyl or cyclic N) is 1. The van der Waals surface area contributed by atoms with Crippen molar-refractivity contribution < 1.29 is 14.0 Å². The predicted octanol–water partition coefficient (Wildman–Crippen LogP) is 1.22. The van der Waals surface area contributed by atoms with Crippen LogP contribution in [0.3, 0.4) is 0 Å². The Balaban J connectivity index is 1.86. The number of anilines is 1. The normalized spacial score (nSPS) is 18.5. The monoisotopic (exact) mass is 304 g/mol. The molecule has 0 radical (unpaired) electrons. The van der Waals surface area contributed by atoms with E-state index in [1.165, 1.54) is 6.07 Å². The van der Waals surface area contributed by atoms with Crippen molar-refractivity contribution in [2.75, 3.05) is 18.0 Å². The number of halogens is 1. The first-order valence-corrected chi connectivity index (χ1v) is 6.92. The van der Waals surface area contributed by atoms with Crippen molar-refractivity contribution in [3.63, 3.8) is 0 Å². The summed E-state index contributed by atoms with van der Waals surface area (Å²) < 4.78 is 18.8. The number of aromatic amines is 2. The number of fused-ring (bicyclic) bond motifs is 1. The highest BCUT2D eigenvalue weighted by Gasteiger charge is 2.24. The van der Waals surface area contributed by atoms with Gasteiger partial charge in [0.25, 0.3) is 0 Å². The van der Waals surface area contributed by atoms with Gasteiger partial charge in [0, 0.05) is 41.8 Å². The number of rotatable bonds is 2. The maximum atomic E-state index is 14.3. The van der Waals surface area contributed by atoms with Gasteiger partial charge in [-0.25, -0.2) is 9.18 Å². The average molecular weight is 304 g/mol. The maximum Gasteiger partial charge on any atom is 0.439 e. The van der Waals surface area contributed by atoms with E-state index in [-0.39, 0.29) is 11.6 Å². The summed E-state index contributed by atoms with van der Waals surface area (Å²) in [5.74, 6) is -0.715. The molecule has 1 aliphatic rings. The van der Waals surface area contributed by atoms with Crippen molar-refractivity contribution in [1.29, 1.82) is 0 Å². The lowest BCUT2D eigenvalue weighted by Crippen LogP contribution is -2.22. The van der Waals surface area contributed by atoms with Gasteiger partial charge in [-0.15, -0.1) is 0 Å². The van der Waals surface area contributed by atoms with Gasteiger partial charge in [0.1, 0.15) is 5.82 Å². The second-order valence-electron chi connectivity index (χ2n) is 5.38. The summed E-state index contributed by atoms with van der Waals surface area (Å²) in [6, 6.07) is 3.10. The van der Waals surface area contributed by atoms with Crippen LogP contribution in [0.5, 0.6) is 0 Å². The van der Waals surface area contributed by atoms with E-state index in [9.17, 15) is 14.3 Å². The van der Waals surface area contributed by atoms with E-state index < -0.39 is 11.9 Å². The van der Waals surface area contributed by atoms with Crippen molar-refractivity contribution in [2.45, 2.75) is 12.5 Å². The zero-order valence-corrected chi connectivity index (χ0v) is 11.5. The minimum Gasteiger partial charge on any atom is -0.391 e. The summed E-state index contributed by atoms with van der Waals surface area (Å²) in [6.45, 7) is 1.01. The molecular weight excluding hydrogens is 291 g/mol. The molecule has 1 saturated heterocycles. The van der Waals surface area contributed by atoms with Crippen LogP contribution in [0.25, 0.3) is 22.3 Å². The number of hydrogen-bond acceptors (Lipinski definition) is 5. The first-order valence-electron chi connectivity index (χ1n) is 6.92. The molecule has 0 bridgehead atoms. The lowest BCUT2D eigenvalue weighted by Gasteiger charge is -2.18. The zero-order chi connectivity index (χ0) is 15.3. The molecule has 2 aromatic heterocycles. The van der Waals surface area contributed by atoms with Crippen LogP contribution in [0, 0.1) is 5.82 Å². The molecule has 1 fully saturated rings. The summed E-state index contributed by atoms with van der Waals surface area (Å²) in [5.41, 5.74) is 1.65. The van der Waals surface area contributed by atoms with Crippen LogP contribution in [-0.4, -0.2) is 39.4 Å². The molecule has 0 aliphatic carbocycles. The Morgan fingerprint density at radius 3 is 3.00 bits per heavy atom. The highest BCUT2D eigenvalue weighted by atomic mass is 19.1. The van der Waals surface area contributed by atoms with Gasteiger partial charge in [0.15, 0.2) is 5.82 Å². The van der Waals surface area contributed by atoms with Gasteiger partial charge < -0.3 is 15.0 Å². The molecule has 4 rings (SSSR count). The molecule has 114 valence electrons. The molecule has 1 aromatic carbocycles. The molecule has 0 saturated carbocycles. The van der Waals surface area contributed by atoms with Crippen LogP contribution < -0.4 is 10.7 Å². The molecule has 0 unspecified atom stereocenters. The summed E-state index contributed by atoms with van der Waals surface area (Å²) in [4.78, 5) is 18.3. The van der Waals surface area contributed by atoms with E-state index in [1.54, 1.807) is 12.3 Å². The number of aromatic nitrogens is 3. The number of aliphatic hydroxyl groups excluding tert-OH is 1. The van der Waals surface area contributed by atoms with Crippen molar-refractivity contribution in [1.82, 2.24) is 15.1 Å². The van der Waals surface area contributed by atoms with E-state index in [4.69, 9.17) is 0 Å². The second kappa shape index (κ2) is 4.70. The average Bonchev–Trinajstić information content (AvgIpc) is 3.17. The third-order valence-corrected chi connectivity index (χ3v) is 3.95. The molecule has 3 heterocycles. The van der Waals surface area contributed by atoms with Crippen molar-refractivity contribution >= 4 is 16.6 Å². The summed E-state index contributed by atoms with van der Waals surface area (Å²) in [7, 11) is 0. The molecule has 0 amide bonds. The highest BCUT2D eigenvalue weighted by Crippen LogP contribution is 2.33. The molecule has 1 atom stereocenters. The van der Waals surface area contributed by atoms with Crippen LogP contribution >= 0.6 is 0 Å². The number of aliphatic hydroxyl groups is 1. The van der Waals surface area contributed by atoms with Crippen LogP contribution in [-0.2, 0) is 0 Å². The fourth-order valence-corrected chi connectivity index (χ4v) is 2.88. The fourth-order valence-electron chi connectivity index (χ4n) is 2.88. The molecule has 3 aromatic rings. The van der Waals surface area contributed by atoms with Gasteiger partial charge in [-0.05, 0) is 12.5 Å². The minimum absolute atomic E-state index is 0.287. The Morgan fingerprint density at radius 2 is 2.32 bits per heavy atom. The predicted molar refractivity (Wildman–Crippen MR) is 77.2 cm³/mol. The molecule has 8 heteroatoms. The van der Waals surface area contributed by atoms with Gasteiger partial charge in [-0.1, -0.05) is 5.16 Å². The molecule has 1 aliphatic heterocycles. The number of hydrogen-bond donors (Lipinski definition) is 3. The number of nitrogens with one attached hydrogen (secondary N) is 2. The Bertz CT molecular complexity index is 897. The minimum atomic E-state index is -0.644. The third-order valence-electron chi connectivity index (χ3n) is 3.95. The standard InChI is InChI=1S/C14H13FN4O3/c15-10-4-11-8(3-12(10)19-2-1-7(20)6-19)9(5-16-11)13-17-14(21)22-18-13/h3-5,7,16,20H,1-2,6H2,(H,17,18,21)/t7-/m0/s1. The van der Waals surface area contributed by atoms with Crippen LogP contribution in [0.15, 0.2) is 27.6 Å². The highest BCUT2D eigenvalue weighted by molar-refractivity contribution is 5.96. The van der Waals surface area contributed by atoms with E-state index in [2.05, 4.69) is 19.6 Å². The van der Waals surface area contributed by atoms with Crippen LogP contribution in [0.4, 0.5) is 10.1 Å². The van der Waals surface area contributed by atoms with Gasteiger partial charge in [-0.3, -0.25) is 9.51 Å². The maximum absolute atomic E-state index is 14.3. The van der Waals surface area contributed by atoms with Crippen LogP contribution in [0.2, 0.25) is 0 Å². The van der Waals surface area contributed by atoms with Crippen molar-refractivity contribution in [3.8, 4) is 11.4 Å². The molecule has 7 nitrogen and oxygen atoms in total. The zero-order valence-electron chi connectivity index (χ0n) is 11.5. The van der Waals surface area contributed by atoms with Gasteiger partial charge in [0.05, 0.1) is 11.8 Å². The first kappa shape index (κ1) is 13.1. The Labute approximate surface area is 123 Å². The second-order valence-corrected chi connectivity index (χ2v) is 5.38. The van der Waals surface area contributed by atoms with Crippen molar-refractivity contribution in [2.24, 2.45) is 0 Å². The van der Waals surface area contributed by atoms with Gasteiger partial charge >= 0.3 is 5.76 Å². The lowest BCUT2D eigenvalue weighted by atomic mass is 10.1. The smallest absolute Gasteiger partial charge is 0.391 e. The summed E-state index contributed by atoms with van der Waals surface area (Å²) in [5, 5.41) is 14.0. The number of benzene rings is 1. The largest absolute Gasteiger partial charge is 0.439 e. The third kappa shape index (κ3) is 2.00. The van der Waals surface area contributed by atoms with Gasteiger partial charge in [0.2, 0.25) is 0 Å². The van der Waals surface area contributed by atoms with E-state index in [1.807, 2.05) is 4.90 Å². The van der Waals surface area contributed by atoms with E-state index in [0.717, 1.165) is 5.39 Å². The van der Waals surface area contributed by atoms with E-state index >= 15 is 0 Å². The molecule has 22 heavy (non-hydrogen) atoms. The number of nitrogens with zero attached hydrogens (tertiary/aromatic N) is 2. The molecule has 0 spiro atoms. The SMILES string of the molecule is O=c1[nH]c(-c2c[nH]c3cc(F)c(N4CC[C@H](O)C4)cc23)no1. The molecular formula is C14H13FN4O3. The molecule has 3 N–H and O–H groups in total. The topological polar surface area (TPSA) is 98.2 Å². The van der Waals surface area contributed by atoms with Crippen molar-refractivity contribution in [3.05, 3.63) is 34.7 Å². The first-order chi connectivity index (χ1) is 10.6. The Morgan fingerprint density at radius 1 is 1.45 bits per heavy atom. The summed E-state index contributed by atoms with van der Waals surface area (Å²) in [6.07, 6.45) is 1.82.